The van der Waals surface area contributed by atoms with E-state index in [1.165, 1.54) is 4.70 Å². The molecule has 0 amide bonds. The number of benzene rings is 7. The van der Waals surface area contributed by atoms with Crippen LogP contribution in [0.3, 0.4) is 0 Å². The Morgan fingerprint density at radius 3 is 1.81 bits per heavy atom. The van der Waals surface area contributed by atoms with E-state index in [-0.39, 0.29) is 0 Å². The van der Waals surface area contributed by atoms with E-state index in [9.17, 15) is 0 Å². The minimum Gasteiger partial charge on any atom is -0.456 e. The highest BCUT2D eigenvalue weighted by Gasteiger charge is 2.15. The van der Waals surface area contributed by atoms with Gasteiger partial charge in [-0.05, 0) is 65.2 Å². The molecule has 0 spiro atoms. The highest BCUT2D eigenvalue weighted by molar-refractivity contribution is 7.21. The number of nitrogens with zero attached hydrogens (tertiary/aromatic N) is 3. The Morgan fingerprint density at radius 1 is 0.385 bits per heavy atom. The average Bonchev–Trinajstić information content (AvgIpc) is 3.83. The van der Waals surface area contributed by atoms with Crippen LogP contribution in [-0.4, -0.2) is 15.0 Å². The van der Waals surface area contributed by atoms with Gasteiger partial charge in [0.15, 0.2) is 5.82 Å². The minimum atomic E-state index is 0.673. The molecule has 0 aliphatic heterocycles. The number of fused-ring (bicyclic) bond motifs is 4. The molecule has 0 bridgehead atoms. The van der Waals surface area contributed by atoms with E-state index >= 15 is 0 Å². The highest BCUT2D eigenvalue weighted by atomic mass is 32.1. The third kappa shape index (κ3) is 5.45. The normalized spacial score (nSPS) is 11.5. The predicted molar refractivity (Wildman–Crippen MR) is 215 cm³/mol. The van der Waals surface area contributed by atoms with E-state index < -0.39 is 0 Å². The maximum absolute atomic E-state index is 6.13. The fourth-order valence-electron chi connectivity index (χ4n) is 6.96. The van der Waals surface area contributed by atoms with Crippen LogP contribution in [0.5, 0.6) is 0 Å². The van der Waals surface area contributed by atoms with Gasteiger partial charge in [-0.1, -0.05) is 127 Å². The van der Waals surface area contributed by atoms with E-state index in [1.807, 2.05) is 48.5 Å². The van der Waals surface area contributed by atoms with Gasteiger partial charge < -0.3 is 4.42 Å². The van der Waals surface area contributed by atoms with E-state index in [2.05, 4.69) is 127 Å². The molecular weight excluding hydrogens is 655 g/mol. The lowest BCUT2D eigenvalue weighted by Gasteiger charge is -2.11. The van der Waals surface area contributed by atoms with Crippen molar-refractivity contribution in [3.8, 4) is 66.7 Å². The first-order valence-corrected chi connectivity index (χ1v) is 18.1. The van der Waals surface area contributed by atoms with Crippen molar-refractivity contribution in [1.29, 1.82) is 0 Å². The zero-order valence-corrected chi connectivity index (χ0v) is 28.7. The largest absolute Gasteiger partial charge is 0.456 e. The average molecular weight is 684 g/mol. The third-order valence-corrected chi connectivity index (χ3v) is 10.6. The lowest BCUT2D eigenvalue weighted by Crippen LogP contribution is -1.96. The minimum absolute atomic E-state index is 0.673. The number of hydrogen-bond donors (Lipinski definition) is 0. The topological polar surface area (TPSA) is 51.8 Å². The molecule has 0 aliphatic carbocycles. The monoisotopic (exact) mass is 683 g/mol. The molecule has 3 heterocycles. The van der Waals surface area contributed by atoms with Crippen LogP contribution in [-0.2, 0) is 0 Å². The van der Waals surface area contributed by atoms with Crippen molar-refractivity contribution < 1.29 is 4.42 Å². The molecule has 0 aliphatic rings. The summed E-state index contributed by atoms with van der Waals surface area (Å²) < 4.78 is 7.30. The quantitative estimate of drug-likeness (QED) is 0.175. The molecule has 0 atom stereocenters. The van der Waals surface area contributed by atoms with Gasteiger partial charge in [0.1, 0.15) is 16.2 Å². The molecule has 10 rings (SSSR count). The Balaban J connectivity index is 1.06. The predicted octanol–water partition coefficient (Wildman–Crippen LogP) is 13.0. The molecule has 5 heteroatoms. The maximum atomic E-state index is 6.13. The Labute approximate surface area is 304 Å². The molecule has 0 unspecified atom stereocenters. The van der Waals surface area contributed by atoms with E-state index in [0.717, 1.165) is 88.4 Å². The molecule has 0 saturated heterocycles. The molecule has 0 N–H and O–H groups in total. The molecule has 0 radical (unpaired) electrons. The Morgan fingerprint density at radius 2 is 1.00 bits per heavy atom. The second-order valence-electron chi connectivity index (χ2n) is 12.8. The summed E-state index contributed by atoms with van der Waals surface area (Å²) in [6.07, 6.45) is 0. The number of hydrogen-bond acceptors (Lipinski definition) is 5. The van der Waals surface area contributed by atoms with Crippen molar-refractivity contribution in [2.75, 3.05) is 0 Å². The molecule has 52 heavy (non-hydrogen) atoms. The van der Waals surface area contributed by atoms with Gasteiger partial charge in [0.2, 0.25) is 0 Å². The Kier molecular flexibility index (Phi) is 7.29. The number of para-hydroxylation sites is 2. The summed E-state index contributed by atoms with van der Waals surface area (Å²) in [7, 11) is 0. The van der Waals surface area contributed by atoms with Gasteiger partial charge in [-0.15, -0.1) is 11.3 Å². The number of furan rings is 1. The summed E-state index contributed by atoms with van der Waals surface area (Å²) >= 11 is 1.73. The number of rotatable bonds is 6. The molecule has 3 aromatic heterocycles. The fraction of sp³-hybridized carbons (Fsp3) is 0. The van der Waals surface area contributed by atoms with Crippen molar-refractivity contribution >= 4 is 43.5 Å². The van der Waals surface area contributed by atoms with Crippen molar-refractivity contribution in [3.63, 3.8) is 0 Å². The zero-order chi connectivity index (χ0) is 34.4. The van der Waals surface area contributed by atoms with Gasteiger partial charge in [-0.2, -0.15) is 0 Å². The highest BCUT2D eigenvalue weighted by Crippen LogP contribution is 2.38. The molecule has 4 nitrogen and oxygen atoms in total. The summed E-state index contributed by atoms with van der Waals surface area (Å²) in [6, 6.07) is 60.9. The van der Waals surface area contributed by atoms with Gasteiger partial charge in [-0.25, -0.2) is 15.0 Å². The van der Waals surface area contributed by atoms with Crippen molar-refractivity contribution in [2.24, 2.45) is 0 Å². The second kappa shape index (κ2) is 12.6. The van der Waals surface area contributed by atoms with Crippen LogP contribution in [0, 0.1) is 0 Å². The molecule has 0 fully saturated rings. The summed E-state index contributed by atoms with van der Waals surface area (Å²) in [5, 5.41) is 3.19. The summed E-state index contributed by atoms with van der Waals surface area (Å²) in [5.74, 6) is 0.673. The lowest BCUT2D eigenvalue weighted by molar-refractivity contribution is 0.669. The van der Waals surface area contributed by atoms with Crippen molar-refractivity contribution in [1.82, 2.24) is 15.0 Å². The SMILES string of the molecule is c1ccc(-c2cc(-c3ccc4oc5ccccc5c4c3)nc(-c3cccc(-c4cccc(-c5cccc6sc(-c7ccccc7)nc56)c4)c3)n2)cc1. The summed E-state index contributed by atoms with van der Waals surface area (Å²) in [4.78, 5) is 15.4. The fourth-order valence-corrected chi connectivity index (χ4v) is 7.95. The number of aromatic nitrogens is 3. The molecule has 7 aromatic carbocycles. The van der Waals surface area contributed by atoms with Crippen LogP contribution in [0.2, 0.25) is 0 Å². The van der Waals surface area contributed by atoms with Gasteiger partial charge in [0, 0.05) is 38.6 Å². The van der Waals surface area contributed by atoms with Crippen LogP contribution < -0.4 is 0 Å². The zero-order valence-electron chi connectivity index (χ0n) is 27.9. The summed E-state index contributed by atoms with van der Waals surface area (Å²) in [6.45, 7) is 0. The van der Waals surface area contributed by atoms with Crippen LogP contribution in [0.4, 0.5) is 0 Å². The van der Waals surface area contributed by atoms with Crippen LogP contribution in [0.25, 0.3) is 98.9 Å². The third-order valence-electron chi connectivity index (χ3n) is 9.54. The Hall–Kier alpha value is -6.69. The first kappa shape index (κ1) is 30.2. The van der Waals surface area contributed by atoms with Gasteiger partial charge in [-0.3, -0.25) is 0 Å². The van der Waals surface area contributed by atoms with Gasteiger partial charge >= 0.3 is 0 Å². The standard InChI is InChI=1S/C47H29N3OS/c1-3-12-30(13-4-1)40-29-41(35-24-25-43-39(28-35)38-20-7-8-22-42(38)51-43)49-46(48-40)36-19-10-17-33(27-36)32-16-9-18-34(26-32)37-21-11-23-44-45(37)50-47(52-44)31-14-5-2-6-15-31/h1-29H. The lowest BCUT2D eigenvalue weighted by atomic mass is 9.97. The Bertz CT molecular complexity index is 2910. The van der Waals surface area contributed by atoms with Crippen molar-refractivity contribution in [2.45, 2.75) is 0 Å². The smallest absolute Gasteiger partial charge is 0.160 e. The van der Waals surface area contributed by atoms with E-state index in [1.54, 1.807) is 11.3 Å². The molecule has 10 aromatic rings. The van der Waals surface area contributed by atoms with Gasteiger partial charge in [0.25, 0.3) is 0 Å². The first-order chi connectivity index (χ1) is 25.7. The van der Waals surface area contributed by atoms with Crippen molar-refractivity contribution in [3.05, 3.63) is 176 Å². The first-order valence-electron chi connectivity index (χ1n) is 17.3. The van der Waals surface area contributed by atoms with E-state index in [4.69, 9.17) is 19.4 Å². The van der Waals surface area contributed by atoms with Crippen LogP contribution in [0.1, 0.15) is 0 Å². The number of thiazole rings is 1. The molecule has 0 saturated carbocycles. The molecular formula is C47H29N3OS. The van der Waals surface area contributed by atoms with E-state index in [0.29, 0.717) is 5.82 Å². The summed E-state index contributed by atoms with van der Waals surface area (Å²) in [5.41, 5.74) is 13.1. The van der Waals surface area contributed by atoms with Gasteiger partial charge in [0.05, 0.1) is 21.6 Å². The molecule has 244 valence electrons. The maximum Gasteiger partial charge on any atom is 0.160 e. The van der Waals surface area contributed by atoms with Crippen LogP contribution in [0.15, 0.2) is 180 Å². The second-order valence-corrected chi connectivity index (χ2v) is 13.9. The van der Waals surface area contributed by atoms with Crippen LogP contribution >= 0.6 is 11.3 Å².